The molecule has 5 rings (SSSR count). The maximum atomic E-state index is 13.4. The van der Waals surface area contributed by atoms with E-state index >= 15 is 0 Å². The number of amides is 1. The van der Waals surface area contributed by atoms with Crippen LogP contribution in [-0.4, -0.2) is 58.5 Å². The van der Waals surface area contributed by atoms with Crippen molar-refractivity contribution in [2.45, 2.75) is 115 Å². The van der Waals surface area contributed by atoms with E-state index in [2.05, 4.69) is 18.3 Å². The minimum Gasteiger partial charge on any atom is -0.458 e. The second-order valence-corrected chi connectivity index (χ2v) is 13.8. The molecule has 0 aliphatic heterocycles. The number of aliphatic hydroxyl groups excluding tert-OH is 1. The number of rotatable bonds is 9. The van der Waals surface area contributed by atoms with Crippen LogP contribution in [0.2, 0.25) is 0 Å². The Morgan fingerprint density at radius 2 is 1.88 bits per heavy atom. The zero-order valence-electron chi connectivity index (χ0n) is 24.7. The van der Waals surface area contributed by atoms with Crippen molar-refractivity contribution in [1.29, 1.82) is 0 Å². The van der Waals surface area contributed by atoms with E-state index in [9.17, 15) is 29.4 Å². The van der Waals surface area contributed by atoms with Crippen LogP contribution in [0.1, 0.15) is 104 Å². The molecular weight excluding hydrogens is 522 g/mol. The lowest BCUT2D eigenvalue weighted by molar-refractivity contribution is -0.184. The first-order valence-electron chi connectivity index (χ1n) is 15.8. The van der Waals surface area contributed by atoms with Crippen LogP contribution in [0.5, 0.6) is 0 Å². The van der Waals surface area contributed by atoms with E-state index in [-0.39, 0.29) is 54.1 Å². The van der Waals surface area contributed by atoms with Gasteiger partial charge in [-0.2, -0.15) is 0 Å². The van der Waals surface area contributed by atoms with Crippen molar-refractivity contribution in [3.05, 3.63) is 23.3 Å². The van der Waals surface area contributed by atoms with Crippen molar-refractivity contribution >= 4 is 23.4 Å². The summed E-state index contributed by atoms with van der Waals surface area (Å²) in [5.74, 6) is -1.02. The van der Waals surface area contributed by atoms with Gasteiger partial charge < -0.3 is 20.3 Å². The lowest BCUT2D eigenvalue weighted by atomic mass is 9.45. The Morgan fingerprint density at radius 1 is 1.07 bits per heavy atom. The van der Waals surface area contributed by atoms with Gasteiger partial charge in [0.15, 0.2) is 12.4 Å². The zero-order chi connectivity index (χ0) is 29.4. The van der Waals surface area contributed by atoms with Gasteiger partial charge in [0, 0.05) is 24.8 Å². The lowest BCUT2D eigenvalue weighted by Crippen LogP contribution is -2.62. The third-order valence-corrected chi connectivity index (χ3v) is 11.6. The van der Waals surface area contributed by atoms with Crippen molar-refractivity contribution in [2.24, 2.45) is 28.6 Å². The van der Waals surface area contributed by atoms with Crippen molar-refractivity contribution in [3.8, 4) is 0 Å². The number of allylic oxidation sites excluding steroid dienone is 2. The van der Waals surface area contributed by atoms with Gasteiger partial charge in [0.2, 0.25) is 11.7 Å². The van der Waals surface area contributed by atoms with E-state index in [1.807, 2.05) is 6.92 Å². The minimum absolute atomic E-state index is 0.00510. The highest BCUT2D eigenvalue weighted by Gasteiger charge is 2.68. The molecule has 0 radical (unpaired) electrons. The first kappa shape index (κ1) is 30.1. The number of nitrogens with one attached hydrogen (secondary N) is 1. The molecular formula is C33H47NO7. The van der Waals surface area contributed by atoms with Crippen molar-refractivity contribution in [3.63, 3.8) is 0 Å². The van der Waals surface area contributed by atoms with Crippen LogP contribution < -0.4 is 5.32 Å². The number of Topliss-reactive ketones (excluding diaryl/α,β-unsaturated/α-hetero) is 1. The number of carbonyl (C=O) groups excluding carboxylic acids is 4. The molecule has 0 spiro atoms. The molecule has 4 unspecified atom stereocenters. The van der Waals surface area contributed by atoms with Crippen LogP contribution in [0.4, 0.5) is 0 Å². The van der Waals surface area contributed by atoms with Gasteiger partial charge in [0.1, 0.15) is 5.60 Å². The fourth-order valence-corrected chi connectivity index (χ4v) is 9.29. The minimum atomic E-state index is -1.69. The van der Waals surface area contributed by atoms with E-state index in [1.165, 1.54) is 18.4 Å². The monoisotopic (exact) mass is 569 g/mol. The molecule has 5 aliphatic rings. The summed E-state index contributed by atoms with van der Waals surface area (Å²) < 4.78 is 5.25. The van der Waals surface area contributed by atoms with Gasteiger partial charge >= 0.3 is 5.97 Å². The molecule has 0 bridgehead atoms. The quantitative estimate of drug-likeness (QED) is 0.281. The number of esters is 1. The highest BCUT2D eigenvalue weighted by atomic mass is 16.5. The third kappa shape index (κ3) is 5.58. The Hall–Kier alpha value is -2.32. The Labute approximate surface area is 243 Å². The van der Waals surface area contributed by atoms with E-state index in [0.717, 1.165) is 44.1 Å². The number of hydrogen-bond donors (Lipinski definition) is 3. The molecule has 3 fully saturated rings. The van der Waals surface area contributed by atoms with Gasteiger partial charge in [-0.25, -0.2) is 0 Å². The Balaban J connectivity index is 1.14. The lowest BCUT2D eigenvalue weighted by Gasteiger charge is -2.60. The topological polar surface area (TPSA) is 130 Å². The second kappa shape index (κ2) is 11.8. The standard InChI is InChI=1S/C33H47NO7/c1-31-15-12-23(35)18-22(31)8-9-24-25-13-16-33(40,32(25,2)19-26(36)30(24)31)27(37)20-41-29(39)11-10-28(38)34-17-14-21-6-4-3-5-7-21/h6,18,24-26,30,36,40H,3-5,7-17,19-20H2,1-2H3,(H,34,38)/t24?,25?,26?,30?,31-,32-,33-/m1/s1. The predicted molar refractivity (Wildman–Crippen MR) is 152 cm³/mol. The summed E-state index contributed by atoms with van der Waals surface area (Å²) in [7, 11) is 0. The summed E-state index contributed by atoms with van der Waals surface area (Å²) in [4.78, 5) is 50.1. The number of aliphatic hydroxyl groups is 2. The van der Waals surface area contributed by atoms with Gasteiger partial charge in [-0.05, 0) is 99.9 Å². The molecule has 7 atom stereocenters. The maximum absolute atomic E-state index is 13.4. The highest BCUT2D eigenvalue weighted by Crippen LogP contribution is 2.67. The molecule has 0 aromatic rings. The van der Waals surface area contributed by atoms with Crippen LogP contribution in [0.15, 0.2) is 23.3 Å². The molecule has 0 aromatic heterocycles. The molecule has 3 saturated carbocycles. The normalized spacial score (nSPS) is 38.1. The van der Waals surface area contributed by atoms with Crippen LogP contribution in [0.25, 0.3) is 0 Å². The van der Waals surface area contributed by atoms with E-state index in [1.54, 1.807) is 6.08 Å². The number of ether oxygens (including phenoxy) is 1. The average Bonchev–Trinajstić information content (AvgIpc) is 3.22. The first-order chi connectivity index (χ1) is 19.5. The molecule has 5 aliphatic carbocycles. The van der Waals surface area contributed by atoms with Gasteiger partial charge in [-0.3, -0.25) is 19.2 Å². The average molecular weight is 570 g/mol. The van der Waals surface area contributed by atoms with Crippen LogP contribution in [-0.2, 0) is 23.9 Å². The molecule has 0 heterocycles. The summed E-state index contributed by atoms with van der Waals surface area (Å²) in [6.45, 7) is 4.10. The molecule has 1 amide bonds. The number of hydrogen-bond acceptors (Lipinski definition) is 7. The number of ketones is 2. The number of carbonyl (C=O) groups is 4. The van der Waals surface area contributed by atoms with E-state index < -0.39 is 35.5 Å². The largest absolute Gasteiger partial charge is 0.458 e. The molecule has 41 heavy (non-hydrogen) atoms. The Morgan fingerprint density at radius 3 is 2.63 bits per heavy atom. The summed E-state index contributed by atoms with van der Waals surface area (Å²) in [5, 5.41) is 26.2. The van der Waals surface area contributed by atoms with Gasteiger partial charge in [0.25, 0.3) is 0 Å². The molecule has 3 N–H and O–H groups in total. The predicted octanol–water partition coefficient (Wildman–Crippen LogP) is 4.12. The summed E-state index contributed by atoms with van der Waals surface area (Å²) in [6, 6.07) is 0. The molecule has 8 nitrogen and oxygen atoms in total. The van der Waals surface area contributed by atoms with E-state index in [4.69, 9.17) is 4.74 Å². The van der Waals surface area contributed by atoms with Crippen molar-refractivity contribution < 1.29 is 34.1 Å². The Bertz CT molecular complexity index is 1140. The maximum Gasteiger partial charge on any atom is 0.306 e. The van der Waals surface area contributed by atoms with Crippen LogP contribution in [0, 0.1) is 28.6 Å². The van der Waals surface area contributed by atoms with Crippen LogP contribution in [0.3, 0.4) is 0 Å². The summed E-state index contributed by atoms with van der Waals surface area (Å²) in [5.41, 5.74) is -0.233. The number of fused-ring (bicyclic) bond motifs is 5. The molecule has 226 valence electrons. The van der Waals surface area contributed by atoms with Crippen molar-refractivity contribution in [2.75, 3.05) is 13.2 Å². The second-order valence-electron chi connectivity index (χ2n) is 13.8. The van der Waals surface area contributed by atoms with Gasteiger partial charge in [0.05, 0.1) is 12.5 Å². The fraction of sp³-hybridized carbons (Fsp3) is 0.758. The van der Waals surface area contributed by atoms with Gasteiger partial charge in [-0.15, -0.1) is 0 Å². The van der Waals surface area contributed by atoms with Crippen molar-refractivity contribution in [1.82, 2.24) is 5.32 Å². The smallest absolute Gasteiger partial charge is 0.306 e. The van der Waals surface area contributed by atoms with E-state index in [0.29, 0.717) is 25.8 Å². The zero-order valence-corrected chi connectivity index (χ0v) is 24.7. The molecule has 8 heteroatoms. The summed E-state index contributed by atoms with van der Waals surface area (Å²) in [6.07, 6.45) is 12.7. The summed E-state index contributed by atoms with van der Waals surface area (Å²) >= 11 is 0. The molecule has 0 saturated heterocycles. The van der Waals surface area contributed by atoms with Crippen LogP contribution >= 0.6 is 0 Å². The van der Waals surface area contributed by atoms with Gasteiger partial charge in [-0.1, -0.05) is 31.1 Å². The first-order valence-corrected chi connectivity index (χ1v) is 15.8. The fourth-order valence-electron chi connectivity index (χ4n) is 9.29. The highest BCUT2D eigenvalue weighted by molar-refractivity contribution is 5.92. The Kier molecular flexibility index (Phi) is 8.64. The SMILES string of the molecule is C[C@@]12CCC(=O)C=C1CCC1C2C(O)C[C@]2(C)C1CC[C@@]2(O)C(=O)COC(=O)CCC(=O)NCCC1=CCCCC1. The molecule has 0 aromatic carbocycles. The third-order valence-electron chi connectivity index (χ3n) is 11.6.